The molecule has 0 aromatic rings. The second-order valence-corrected chi connectivity index (χ2v) is 6.38. The van der Waals surface area contributed by atoms with Crippen LogP contribution in [0.5, 0.6) is 0 Å². The lowest BCUT2D eigenvalue weighted by atomic mass is 10.1. The Bertz CT molecular complexity index is 412. The smallest absolute Gasteiger partial charge is 0.329 e. The van der Waals surface area contributed by atoms with E-state index < -0.39 is 23.9 Å². The zero-order chi connectivity index (χ0) is 16.2. The van der Waals surface area contributed by atoms with Gasteiger partial charge in [-0.25, -0.2) is 4.79 Å². The van der Waals surface area contributed by atoms with E-state index in [4.69, 9.17) is 9.47 Å². The number of carbonyl (C=O) groups is 3. The first-order chi connectivity index (χ1) is 9.84. The fourth-order valence-corrected chi connectivity index (χ4v) is 3.70. The predicted octanol–water partition coefficient (Wildman–Crippen LogP) is 1.28. The molecule has 120 valence electrons. The number of nitrogens with zero attached hydrogens (tertiary/aromatic N) is 1. The molecule has 1 fully saturated rings. The van der Waals surface area contributed by atoms with Gasteiger partial charge in [-0.15, -0.1) is 11.8 Å². The van der Waals surface area contributed by atoms with Crippen molar-refractivity contribution >= 4 is 29.6 Å². The predicted molar refractivity (Wildman–Crippen MR) is 79.5 cm³/mol. The third-order valence-electron chi connectivity index (χ3n) is 3.34. The van der Waals surface area contributed by atoms with Crippen molar-refractivity contribution < 1.29 is 23.9 Å². The standard InChI is InChI=1S/C14H23NO5S/c1-6-20-13(17)9(4)11(16)15-10(14(18)19-5)7-21-12(15)8(2)3/h8-10,12H,6-7H2,1-5H3/t9-,10+,12-/m1/s1. The molecule has 7 heteroatoms. The summed E-state index contributed by atoms with van der Waals surface area (Å²) >= 11 is 1.53. The fourth-order valence-electron chi connectivity index (χ4n) is 2.23. The van der Waals surface area contributed by atoms with E-state index in [0.29, 0.717) is 5.75 Å². The van der Waals surface area contributed by atoms with Gasteiger partial charge in [-0.05, 0) is 19.8 Å². The minimum atomic E-state index is -0.919. The van der Waals surface area contributed by atoms with Gasteiger partial charge in [-0.1, -0.05) is 13.8 Å². The van der Waals surface area contributed by atoms with Crippen LogP contribution in [0.2, 0.25) is 0 Å². The van der Waals surface area contributed by atoms with E-state index in [1.54, 1.807) is 6.92 Å². The van der Waals surface area contributed by atoms with Crippen LogP contribution in [0.3, 0.4) is 0 Å². The van der Waals surface area contributed by atoms with Gasteiger partial charge in [0.1, 0.15) is 12.0 Å². The van der Waals surface area contributed by atoms with Gasteiger partial charge in [0.05, 0.1) is 19.1 Å². The first-order valence-corrected chi connectivity index (χ1v) is 8.08. The molecule has 1 saturated heterocycles. The number of methoxy groups -OCH3 is 1. The average molecular weight is 317 g/mol. The topological polar surface area (TPSA) is 72.9 Å². The van der Waals surface area contributed by atoms with Gasteiger partial charge >= 0.3 is 11.9 Å². The van der Waals surface area contributed by atoms with Gasteiger partial charge in [-0.2, -0.15) is 0 Å². The van der Waals surface area contributed by atoms with Crippen molar-refractivity contribution in [2.45, 2.75) is 39.1 Å². The highest BCUT2D eigenvalue weighted by atomic mass is 32.2. The molecule has 3 atom stereocenters. The lowest BCUT2D eigenvalue weighted by Crippen LogP contribution is -2.50. The number of ether oxygens (including phenoxy) is 2. The number of rotatable bonds is 5. The van der Waals surface area contributed by atoms with Crippen LogP contribution in [-0.4, -0.2) is 53.6 Å². The van der Waals surface area contributed by atoms with Crippen molar-refractivity contribution in [3.63, 3.8) is 0 Å². The Labute approximate surface area is 129 Å². The molecule has 1 aliphatic rings. The van der Waals surface area contributed by atoms with E-state index in [2.05, 4.69) is 0 Å². The molecule has 21 heavy (non-hydrogen) atoms. The van der Waals surface area contributed by atoms with Gasteiger partial charge in [0, 0.05) is 5.75 Å². The van der Waals surface area contributed by atoms with Crippen LogP contribution < -0.4 is 0 Å². The van der Waals surface area contributed by atoms with Crippen LogP contribution in [0.15, 0.2) is 0 Å². The second-order valence-electron chi connectivity index (χ2n) is 5.23. The first-order valence-electron chi connectivity index (χ1n) is 7.03. The largest absolute Gasteiger partial charge is 0.467 e. The number of hydrogen-bond donors (Lipinski definition) is 0. The highest BCUT2D eigenvalue weighted by molar-refractivity contribution is 8.00. The third kappa shape index (κ3) is 3.90. The summed E-state index contributed by atoms with van der Waals surface area (Å²) in [5.74, 6) is -1.66. The van der Waals surface area contributed by atoms with Crippen molar-refractivity contribution in [3.05, 3.63) is 0 Å². The molecule has 1 amide bonds. The highest BCUT2D eigenvalue weighted by Gasteiger charge is 2.45. The van der Waals surface area contributed by atoms with Crippen molar-refractivity contribution in [2.75, 3.05) is 19.5 Å². The number of thioether (sulfide) groups is 1. The Morgan fingerprint density at radius 3 is 2.38 bits per heavy atom. The van der Waals surface area contributed by atoms with Crippen molar-refractivity contribution in [1.82, 2.24) is 4.90 Å². The molecule has 0 bridgehead atoms. The minimum Gasteiger partial charge on any atom is -0.467 e. The molecule has 0 spiro atoms. The number of amides is 1. The summed E-state index contributed by atoms with van der Waals surface area (Å²) in [6.07, 6.45) is 0. The summed E-state index contributed by atoms with van der Waals surface area (Å²) in [5.41, 5.74) is 0. The molecule has 0 radical (unpaired) electrons. The van der Waals surface area contributed by atoms with Crippen LogP contribution >= 0.6 is 11.8 Å². The Morgan fingerprint density at radius 1 is 1.29 bits per heavy atom. The summed E-state index contributed by atoms with van der Waals surface area (Å²) in [6, 6.07) is -0.642. The van der Waals surface area contributed by atoms with Gasteiger partial charge in [0.2, 0.25) is 5.91 Å². The van der Waals surface area contributed by atoms with Crippen molar-refractivity contribution in [1.29, 1.82) is 0 Å². The Kier molecular flexibility index (Phi) is 6.51. The van der Waals surface area contributed by atoms with Crippen LogP contribution in [0, 0.1) is 11.8 Å². The Morgan fingerprint density at radius 2 is 1.90 bits per heavy atom. The second kappa shape index (κ2) is 7.68. The molecule has 0 aliphatic carbocycles. The number of carbonyl (C=O) groups excluding carboxylic acids is 3. The average Bonchev–Trinajstić information content (AvgIpc) is 2.89. The molecular weight excluding hydrogens is 294 g/mol. The summed E-state index contributed by atoms with van der Waals surface area (Å²) < 4.78 is 9.66. The Hall–Kier alpha value is -1.24. The Balaban J connectivity index is 2.97. The van der Waals surface area contributed by atoms with Gasteiger partial charge in [0.15, 0.2) is 0 Å². The van der Waals surface area contributed by atoms with E-state index in [1.807, 2.05) is 13.8 Å². The molecular formula is C14H23NO5S. The SMILES string of the molecule is CCOC(=O)[C@H](C)C(=O)N1[C@@H](C(C)C)SC[C@H]1C(=O)OC. The van der Waals surface area contributed by atoms with Crippen molar-refractivity contribution in [3.8, 4) is 0 Å². The van der Waals surface area contributed by atoms with Crippen LogP contribution in [-0.2, 0) is 23.9 Å². The molecule has 6 nitrogen and oxygen atoms in total. The number of esters is 2. The van der Waals surface area contributed by atoms with Gasteiger partial charge in [0.25, 0.3) is 0 Å². The summed E-state index contributed by atoms with van der Waals surface area (Å²) in [6.45, 7) is 7.38. The fraction of sp³-hybridized carbons (Fsp3) is 0.786. The van der Waals surface area contributed by atoms with E-state index in [0.717, 1.165) is 0 Å². The number of hydrogen-bond acceptors (Lipinski definition) is 6. The summed E-state index contributed by atoms with van der Waals surface area (Å²) in [7, 11) is 1.30. The summed E-state index contributed by atoms with van der Waals surface area (Å²) in [5, 5.41) is -0.140. The van der Waals surface area contributed by atoms with E-state index >= 15 is 0 Å². The van der Waals surface area contributed by atoms with Gasteiger partial charge in [-0.3, -0.25) is 9.59 Å². The first kappa shape index (κ1) is 17.8. The zero-order valence-corrected chi connectivity index (χ0v) is 13.9. The zero-order valence-electron chi connectivity index (χ0n) is 13.1. The lowest BCUT2D eigenvalue weighted by molar-refractivity contribution is -0.160. The maximum absolute atomic E-state index is 12.6. The quantitative estimate of drug-likeness (QED) is 0.562. The maximum atomic E-state index is 12.6. The molecule has 1 rings (SSSR count). The molecule has 0 aromatic heterocycles. The lowest BCUT2D eigenvalue weighted by Gasteiger charge is -2.31. The normalized spacial score (nSPS) is 23.0. The molecule has 0 aromatic carbocycles. The summed E-state index contributed by atoms with van der Waals surface area (Å²) in [4.78, 5) is 37.7. The van der Waals surface area contributed by atoms with E-state index in [1.165, 1.54) is 30.7 Å². The molecule has 0 N–H and O–H groups in total. The van der Waals surface area contributed by atoms with Crippen molar-refractivity contribution in [2.24, 2.45) is 11.8 Å². The molecule has 1 aliphatic heterocycles. The highest BCUT2D eigenvalue weighted by Crippen LogP contribution is 2.35. The molecule has 1 heterocycles. The monoisotopic (exact) mass is 317 g/mol. The van der Waals surface area contributed by atoms with Gasteiger partial charge < -0.3 is 14.4 Å². The minimum absolute atomic E-state index is 0.140. The van der Waals surface area contributed by atoms with Crippen LogP contribution in [0.1, 0.15) is 27.7 Å². The molecule has 0 unspecified atom stereocenters. The third-order valence-corrected chi connectivity index (χ3v) is 4.96. The van der Waals surface area contributed by atoms with Crippen LogP contribution in [0.25, 0.3) is 0 Å². The van der Waals surface area contributed by atoms with Crippen LogP contribution in [0.4, 0.5) is 0 Å². The van der Waals surface area contributed by atoms with E-state index in [-0.39, 0.29) is 23.8 Å². The maximum Gasteiger partial charge on any atom is 0.329 e. The molecule has 0 saturated carbocycles. The van der Waals surface area contributed by atoms with E-state index in [9.17, 15) is 14.4 Å².